The Bertz CT molecular complexity index is 1770. The van der Waals surface area contributed by atoms with Gasteiger partial charge in [0.05, 0.1) is 18.2 Å². The van der Waals surface area contributed by atoms with E-state index < -0.39 is 17.7 Å². The molecule has 1 atom stereocenters. The highest BCUT2D eigenvalue weighted by atomic mass is 32.2. The van der Waals surface area contributed by atoms with Gasteiger partial charge in [-0.3, -0.25) is 14.5 Å². The van der Waals surface area contributed by atoms with Crippen LogP contribution in [0, 0.1) is 11.7 Å². The number of hydrogen-bond donors (Lipinski definition) is 1. The molecular weight excluding hydrogens is 618 g/mol. The summed E-state index contributed by atoms with van der Waals surface area (Å²) < 4.78 is 31.9. The molecule has 1 N–H and O–H groups in total. The van der Waals surface area contributed by atoms with Gasteiger partial charge in [0.25, 0.3) is 5.78 Å². The number of anilines is 1. The number of aliphatic hydroxyl groups is 1. The Morgan fingerprint density at radius 1 is 1.07 bits per heavy atom. The van der Waals surface area contributed by atoms with E-state index >= 15 is 0 Å². The molecule has 1 saturated heterocycles. The van der Waals surface area contributed by atoms with Crippen LogP contribution in [0.2, 0.25) is 0 Å². The smallest absolute Gasteiger partial charge is 0.301 e. The van der Waals surface area contributed by atoms with Gasteiger partial charge in [0.15, 0.2) is 15.8 Å². The largest absolute Gasteiger partial charge is 0.507 e. The van der Waals surface area contributed by atoms with Gasteiger partial charge in [0, 0.05) is 11.3 Å². The van der Waals surface area contributed by atoms with E-state index in [1.807, 2.05) is 0 Å². The Kier molecular flexibility index (Phi) is 9.04. The maximum atomic E-state index is 14.2. The summed E-state index contributed by atoms with van der Waals surface area (Å²) in [6.07, 6.45) is 0.852. The number of amides is 1. The van der Waals surface area contributed by atoms with E-state index in [1.54, 1.807) is 60.7 Å². The van der Waals surface area contributed by atoms with Crippen LogP contribution < -0.4 is 19.1 Å². The van der Waals surface area contributed by atoms with Gasteiger partial charge >= 0.3 is 5.91 Å². The number of nitrogens with zero attached hydrogens (tertiary/aromatic N) is 3. The summed E-state index contributed by atoms with van der Waals surface area (Å²) in [6, 6.07) is 17.4. The van der Waals surface area contributed by atoms with Gasteiger partial charge in [-0.2, -0.15) is 0 Å². The molecule has 0 radical (unpaired) electrons. The zero-order valence-corrected chi connectivity index (χ0v) is 26.2. The summed E-state index contributed by atoms with van der Waals surface area (Å²) in [5, 5.41) is 20.2. The van der Waals surface area contributed by atoms with Crippen molar-refractivity contribution in [3.8, 4) is 17.2 Å². The fraction of sp³-hybridized carbons (Fsp3) is 0.273. The first-order valence-corrected chi connectivity index (χ1v) is 16.2. The van der Waals surface area contributed by atoms with Gasteiger partial charge in [-0.15, -0.1) is 10.2 Å². The lowest BCUT2D eigenvalue weighted by Gasteiger charge is -2.23. The summed E-state index contributed by atoms with van der Waals surface area (Å²) in [7, 11) is 0. The monoisotopic (exact) mass is 647 g/mol. The van der Waals surface area contributed by atoms with E-state index in [-0.39, 0.29) is 22.3 Å². The average molecular weight is 648 g/mol. The summed E-state index contributed by atoms with van der Waals surface area (Å²) in [6.45, 7) is 5.46. The number of carbonyl (C=O) groups is 2. The molecule has 0 bridgehead atoms. The lowest BCUT2D eigenvalue weighted by atomic mass is 9.95. The quantitative estimate of drug-likeness (QED) is 0.0654. The number of Topliss-reactive ketones (excluding diaryl/α,β-unsaturated/α-hetero) is 1. The van der Waals surface area contributed by atoms with Gasteiger partial charge in [-0.25, -0.2) is 4.39 Å². The number of benzene rings is 3. The highest BCUT2D eigenvalue weighted by Gasteiger charge is 2.48. The van der Waals surface area contributed by atoms with Gasteiger partial charge in [-0.05, 0) is 59.9 Å². The fourth-order valence-corrected chi connectivity index (χ4v) is 6.85. The van der Waals surface area contributed by atoms with E-state index in [2.05, 4.69) is 24.0 Å². The predicted octanol–water partition coefficient (Wildman–Crippen LogP) is 6.79. The van der Waals surface area contributed by atoms with Crippen LogP contribution in [0.5, 0.6) is 17.2 Å². The molecule has 0 aliphatic carbocycles. The molecule has 4 aromatic rings. The van der Waals surface area contributed by atoms with Crippen molar-refractivity contribution in [2.75, 3.05) is 24.7 Å². The molecule has 3 aromatic carbocycles. The molecule has 1 fully saturated rings. The number of carbonyl (C=O) groups excluding carboxylic acids is 2. The number of aliphatic hydroxyl groups excluding tert-OH is 1. The van der Waals surface area contributed by atoms with E-state index in [4.69, 9.17) is 14.2 Å². The number of aromatic nitrogens is 2. The Balaban J connectivity index is 1.38. The maximum absolute atomic E-state index is 14.2. The molecule has 2 aliphatic rings. The average Bonchev–Trinajstić information content (AvgIpc) is 3.61. The third-order valence-corrected chi connectivity index (χ3v) is 9.41. The summed E-state index contributed by atoms with van der Waals surface area (Å²) in [4.78, 5) is 28.6. The SMILES string of the molecule is CC(C)CCOc1cccc(C2/C(=C(\O)c3ccc4c(c3)OCCO4)C(=O)C(=O)N2c2nnc(SCc3ccccc3F)s2)c1. The lowest BCUT2D eigenvalue weighted by Crippen LogP contribution is -2.29. The van der Waals surface area contributed by atoms with Gasteiger partial charge in [-0.1, -0.05) is 67.3 Å². The molecule has 45 heavy (non-hydrogen) atoms. The lowest BCUT2D eigenvalue weighted by molar-refractivity contribution is -0.132. The van der Waals surface area contributed by atoms with Crippen LogP contribution in [0.15, 0.2) is 76.6 Å². The van der Waals surface area contributed by atoms with E-state index in [0.717, 1.165) is 17.8 Å². The molecule has 0 saturated carbocycles. The van der Waals surface area contributed by atoms with Crippen molar-refractivity contribution in [3.63, 3.8) is 0 Å². The minimum absolute atomic E-state index is 0.105. The van der Waals surface area contributed by atoms with Crippen molar-refractivity contribution >= 4 is 45.7 Å². The number of hydrogen-bond acceptors (Lipinski definition) is 10. The Labute approximate surface area is 267 Å². The Hall–Kier alpha value is -4.42. The fourth-order valence-electron chi connectivity index (χ4n) is 4.99. The van der Waals surface area contributed by atoms with Crippen LogP contribution in [0.4, 0.5) is 9.52 Å². The second-order valence-corrected chi connectivity index (χ2v) is 13.0. The third kappa shape index (κ3) is 6.52. The van der Waals surface area contributed by atoms with Crippen molar-refractivity contribution < 1.29 is 33.3 Å². The molecule has 1 amide bonds. The molecule has 12 heteroatoms. The molecule has 6 rings (SSSR count). The van der Waals surface area contributed by atoms with E-state index in [9.17, 15) is 19.1 Å². The van der Waals surface area contributed by atoms with E-state index in [0.29, 0.717) is 69.8 Å². The van der Waals surface area contributed by atoms with Crippen LogP contribution in [0.3, 0.4) is 0 Å². The number of fused-ring (bicyclic) bond motifs is 1. The number of halogens is 1. The molecule has 0 spiro atoms. The molecule has 1 aromatic heterocycles. The van der Waals surface area contributed by atoms with Crippen LogP contribution >= 0.6 is 23.1 Å². The van der Waals surface area contributed by atoms with Crippen LogP contribution in [0.25, 0.3) is 5.76 Å². The molecule has 9 nitrogen and oxygen atoms in total. The van der Waals surface area contributed by atoms with Crippen molar-refractivity contribution in [2.24, 2.45) is 5.92 Å². The standard InChI is InChI=1S/C33H30FN3O6S2/c1-19(2)12-13-41-23-8-5-7-20(16-23)28-27(29(38)21-10-11-25-26(17-21)43-15-14-42-25)30(39)31(40)37(28)32-35-36-33(45-32)44-18-22-6-3-4-9-24(22)34/h3-11,16-17,19,28,38H,12-15,18H2,1-2H3/b29-27+. The summed E-state index contributed by atoms with van der Waals surface area (Å²) in [5.41, 5.74) is 1.25. The highest BCUT2D eigenvalue weighted by molar-refractivity contribution is 8.00. The first kappa shape index (κ1) is 30.6. The first-order chi connectivity index (χ1) is 21.8. The van der Waals surface area contributed by atoms with Gasteiger partial charge in [0.1, 0.15) is 30.5 Å². The van der Waals surface area contributed by atoms with Crippen LogP contribution in [-0.4, -0.2) is 46.8 Å². The van der Waals surface area contributed by atoms with Crippen molar-refractivity contribution in [1.82, 2.24) is 10.2 Å². The zero-order chi connectivity index (χ0) is 31.5. The van der Waals surface area contributed by atoms with Crippen LogP contribution in [0.1, 0.15) is 43.0 Å². The van der Waals surface area contributed by atoms with Crippen molar-refractivity contribution in [1.29, 1.82) is 0 Å². The summed E-state index contributed by atoms with van der Waals surface area (Å²) in [5.74, 6) is -0.124. The minimum Gasteiger partial charge on any atom is -0.507 e. The van der Waals surface area contributed by atoms with E-state index in [1.165, 1.54) is 22.7 Å². The van der Waals surface area contributed by atoms with Crippen LogP contribution in [-0.2, 0) is 15.3 Å². The Morgan fingerprint density at radius 3 is 2.67 bits per heavy atom. The minimum atomic E-state index is -1.02. The van der Waals surface area contributed by atoms with Crippen molar-refractivity contribution in [3.05, 3.63) is 94.8 Å². The molecular formula is C33H30FN3O6S2. The predicted molar refractivity (Wildman–Crippen MR) is 169 cm³/mol. The molecule has 3 heterocycles. The second-order valence-electron chi connectivity index (χ2n) is 10.9. The topological polar surface area (TPSA) is 111 Å². The number of ketones is 1. The second kappa shape index (κ2) is 13.3. The van der Waals surface area contributed by atoms with Gasteiger partial charge in [0.2, 0.25) is 5.13 Å². The number of thioether (sulfide) groups is 1. The first-order valence-electron chi connectivity index (χ1n) is 14.4. The maximum Gasteiger partial charge on any atom is 0.301 e. The van der Waals surface area contributed by atoms with Crippen molar-refractivity contribution in [2.45, 2.75) is 36.4 Å². The van der Waals surface area contributed by atoms with Gasteiger partial charge < -0.3 is 19.3 Å². The zero-order valence-electron chi connectivity index (χ0n) is 24.6. The number of ether oxygens (including phenoxy) is 3. The molecule has 1 unspecified atom stereocenters. The molecule has 232 valence electrons. The normalized spacial score (nSPS) is 17.2. The molecule has 2 aliphatic heterocycles. The third-order valence-electron chi connectivity index (χ3n) is 7.31. The Morgan fingerprint density at radius 2 is 1.87 bits per heavy atom. The summed E-state index contributed by atoms with van der Waals surface area (Å²) >= 11 is 2.38. The highest BCUT2D eigenvalue weighted by Crippen LogP contribution is 2.45. The number of rotatable bonds is 10.